The summed E-state index contributed by atoms with van der Waals surface area (Å²) in [6, 6.07) is 17.4. The molecule has 2 aromatic carbocycles. The zero-order valence-corrected chi connectivity index (χ0v) is 23.7. The summed E-state index contributed by atoms with van der Waals surface area (Å²) in [6.07, 6.45) is -0.121. The second-order valence-corrected chi connectivity index (χ2v) is 9.76. The van der Waals surface area contributed by atoms with Gasteiger partial charge in [0.25, 0.3) is 0 Å². The molecule has 212 valence electrons. The number of aromatic nitrogens is 1. The third-order valence-electron chi connectivity index (χ3n) is 5.90. The fourth-order valence-electron chi connectivity index (χ4n) is 3.87. The predicted molar refractivity (Wildman–Crippen MR) is 152 cm³/mol. The van der Waals surface area contributed by atoms with E-state index in [4.69, 9.17) is 19.0 Å². The predicted octanol–water partition coefficient (Wildman–Crippen LogP) is 5.55. The molecule has 0 unspecified atom stereocenters. The van der Waals surface area contributed by atoms with Gasteiger partial charge in [-0.25, -0.2) is 10.2 Å². The minimum atomic E-state index is -1.31. The third kappa shape index (κ3) is 7.00. The summed E-state index contributed by atoms with van der Waals surface area (Å²) in [5.41, 5.74) is 5.36. The van der Waals surface area contributed by atoms with E-state index in [2.05, 4.69) is 43.2 Å². The quantitative estimate of drug-likeness (QED) is 0.125. The zero-order chi connectivity index (χ0) is 29.7. The number of furan rings is 1. The lowest BCUT2D eigenvalue weighted by Gasteiger charge is -2.12. The maximum atomic E-state index is 12.5. The number of halogens is 1. The molecule has 13 heteroatoms. The number of hydrazone groups is 1. The number of nitrogens with zero attached hydrogens (tertiary/aromatic N) is 3. The summed E-state index contributed by atoms with van der Waals surface area (Å²) in [4.78, 5) is 34.3. The molecule has 0 fully saturated rings. The van der Waals surface area contributed by atoms with Crippen LogP contribution in [-0.2, 0) is 11.4 Å². The van der Waals surface area contributed by atoms with Crippen LogP contribution in [0.2, 0.25) is 0 Å². The van der Waals surface area contributed by atoms with Crippen LogP contribution in [0.5, 0.6) is 11.5 Å². The van der Waals surface area contributed by atoms with Crippen molar-refractivity contribution in [3.8, 4) is 17.2 Å². The summed E-state index contributed by atoms with van der Waals surface area (Å²) in [5, 5.41) is 24.4. The Labute approximate surface area is 242 Å². The number of rotatable bonds is 11. The highest BCUT2D eigenvalue weighted by molar-refractivity contribution is 9.10. The van der Waals surface area contributed by atoms with Crippen molar-refractivity contribution in [2.24, 2.45) is 5.10 Å². The van der Waals surface area contributed by atoms with Crippen molar-refractivity contribution >= 4 is 39.7 Å². The van der Waals surface area contributed by atoms with E-state index in [1.54, 1.807) is 6.07 Å². The lowest BCUT2D eigenvalue weighted by atomic mass is 10.2. The van der Waals surface area contributed by atoms with Gasteiger partial charge in [-0.3, -0.25) is 14.9 Å². The number of hydrogen-bond donors (Lipinski definition) is 2. The van der Waals surface area contributed by atoms with Crippen LogP contribution in [0.15, 0.2) is 74.7 Å². The number of nitrogens with one attached hydrogen (secondary N) is 1. The lowest BCUT2D eigenvalue weighted by molar-refractivity contribution is -0.386. The molecule has 0 saturated heterocycles. The van der Waals surface area contributed by atoms with Crippen molar-refractivity contribution in [3.63, 3.8) is 0 Å². The molecule has 2 heterocycles. The first kappa shape index (κ1) is 29.1. The van der Waals surface area contributed by atoms with Gasteiger partial charge in [0.2, 0.25) is 5.75 Å². The minimum Gasteiger partial charge on any atom is -0.486 e. The second kappa shape index (κ2) is 12.5. The van der Waals surface area contributed by atoms with Gasteiger partial charge in [-0.2, -0.15) is 5.10 Å². The molecule has 0 saturated carbocycles. The van der Waals surface area contributed by atoms with Crippen LogP contribution in [0.4, 0.5) is 5.69 Å². The van der Waals surface area contributed by atoms with Gasteiger partial charge in [0.1, 0.15) is 18.1 Å². The monoisotopic (exact) mass is 624 g/mol. The van der Waals surface area contributed by atoms with Gasteiger partial charge in [-0.05, 0) is 91.3 Å². The molecule has 2 N–H and O–H groups in total. The van der Waals surface area contributed by atoms with Crippen molar-refractivity contribution in [1.29, 1.82) is 0 Å². The smallest absolute Gasteiger partial charge is 0.344 e. The SMILES string of the molecule is Cc1ccc(C)n1-c1ccc(OCc2ccc(C(=O)N/N=C/c3cc(Br)c(O[C@@H](C)C(=O)O)c([N+](=O)[O-])c3)o2)cc1. The number of aryl methyl sites for hydroxylation is 2. The Hall–Kier alpha value is -4.91. The fourth-order valence-corrected chi connectivity index (χ4v) is 4.43. The Morgan fingerprint density at radius 2 is 1.83 bits per heavy atom. The number of amides is 1. The van der Waals surface area contributed by atoms with E-state index in [9.17, 15) is 19.7 Å². The summed E-state index contributed by atoms with van der Waals surface area (Å²) in [7, 11) is 0. The van der Waals surface area contributed by atoms with Crippen molar-refractivity contribution in [2.45, 2.75) is 33.5 Å². The van der Waals surface area contributed by atoms with Gasteiger partial charge in [0.05, 0.1) is 15.6 Å². The summed E-state index contributed by atoms with van der Waals surface area (Å²) in [6.45, 7) is 5.43. The number of hydrogen-bond acceptors (Lipinski definition) is 8. The second-order valence-electron chi connectivity index (χ2n) is 8.91. The van der Waals surface area contributed by atoms with Crippen LogP contribution in [0, 0.1) is 24.0 Å². The molecule has 1 amide bonds. The highest BCUT2D eigenvalue weighted by Gasteiger charge is 2.24. The number of carboxylic acids is 1. The standard InChI is InChI=1S/C28H25BrN4O8/c1-16-4-5-17(2)32(16)20-6-8-21(9-7-20)39-15-22-10-11-25(41-22)27(34)31-30-14-19-12-23(29)26(24(13-19)33(37)38)40-18(3)28(35)36/h4-14,18H,15H2,1-3H3,(H,31,34)(H,35,36)/b30-14+/t18-/m0/s1. The Bertz CT molecular complexity index is 1600. The fraction of sp³-hybridized carbons (Fsp3) is 0.179. The molecule has 4 aromatic rings. The molecule has 0 aliphatic carbocycles. The summed E-state index contributed by atoms with van der Waals surface area (Å²) < 4.78 is 18.8. The van der Waals surface area contributed by atoms with E-state index in [0.29, 0.717) is 11.5 Å². The Morgan fingerprint density at radius 1 is 1.15 bits per heavy atom. The van der Waals surface area contributed by atoms with E-state index >= 15 is 0 Å². The maximum Gasteiger partial charge on any atom is 0.344 e. The van der Waals surface area contributed by atoms with E-state index in [1.807, 2.05) is 38.1 Å². The van der Waals surface area contributed by atoms with E-state index in [1.165, 1.54) is 25.3 Å². The number of aliphatic carboxylic acids is 1. The molecule has 4 rings (SSSR count). The Balaban J connectivity index is 1.35. The molecule has 2 aromatic heterocycles. The number of carbonyl (C=O) groups is 2. The molecule has 0 radical (unpaired) electrons. The van der Waals surface area contributed by atoms with Crippen LogP contribution >= 0.6 is 15.9 Å². The highest BCUT2D eigenvalue weighted by atomic mass is 79.9. The molecular formula is C28H25BrN4O8. The molecule has 0 aliphatic heterocycles. The lowest BCUT2D eigenvalue weighted by Crippen LogP contribution is -2.23. The van der Waals surface area contributed by atoms with Crippen molar-refractivity contribution < 1.29 is 33.5 Å². The minimum absolute atomic E-state index is 0.00627. The first-order valence-electron chi connectivity index (χ1n) is 12.2. The van der Waals surface area contributed by atoms with Crippen LogP contribution < -0.4 is 14.9 Å². The summed E-state index contributed by atoms with van der Waals surface area (Å²) in [5.74, 6) is -1.10. The van der Waals surface area contributed by atoms with Gasteiger partial charge in [0.15, 0.2) is 11.9 Å². The van der Waals surface area contributed by atoms with Crippen molar-refractivity contribution in [3.05, 3.63) is 104 Å². The topological polar surface area (TPSA) is 158 Å². The van der Waals surface area contributed by atoms with Crippen LogP contribution in [-0.4, -0.2) is 38.8 Å². The summed E-state index contributed by atoms with van der Waals surface area (Å²) >= 11 is 3.15. The number of nitro groups is 1. The van der Waals surface area contributed by atoms with Gasteiger partial charge in [0, 0.05) is 28.7 Å². The number of benzene rings is 2. The van der Waals surface area contributed by atoms with Crippen LogP contribution in [0.25, 0.3) is 5.69 Å². The van der Waals surface area contributed by atoms with E-state index < -0.39 is 28.6 Å². The van der Waals surface area contributed by atoms with Gasteiger partial charge < -0.3 is 23.6 Å². The molecule has 0 spiro atoms. The Morgan fingerprint density at radius 3 is 2.46 bits per heavy atom. The number of carboxylic acid groups (broad SMARTS) is 1. The molecule has 12 nitrogen and oxygen atoms in total. The molecule has 41 heavy (non-hydrogen) atoms. The van der Waals surface area contributed by atoms with E-state index in [-0.39, 0.29) is 28.2 Å². The average Bonchev–Trinajstić information content (AvgIpc) is 3.54. The third-order valence-corrected chi connectivity index (χ3v) is 6.49. The number of carbonyl (C=O) groups excluding carboxylic acids is 1. The van der Waals surface area contributed by atoms with Gasteiger partial charge in [-0.15, -0.1) is 0 Å². The first-order valence-corrected chi connectivity index (χ1v) is 13.0. The van der Waals surface area contributed by atoms with Gasteiger partial charge in [-0.1, -0.05) is 0 Å². The molecule has 0 bridgehead atoms. The van der Waals surface area contributed by atoms with Crippen LogP contribution in [0.3, 0.4) is 0 Å². The number of nitro benzene ring substituents is 1. The molecule has 1 atom stereocenters. The van der Waals surface area contributed by atoms with Crippen molar-refractivity contribution in [1.82, 2.24) is 9.99 Å². The van der Waals surface area contributed by atoms with Gasteiger partial charge >= 0.3 is 17.6 Å². The molecule has 0 aliphatic rings. The average molecular weight is 625 g/mol. The van der Waals surface area contributed by atoms with E-state index in [0.717, 1.165) is 23.1 Å². The zero-order valence-electron chi connectivity index (χ0n) is 22.2. The van der Waals surface area contributed by atoms with Crippen LogP contribution in [0.1, 0.15) is 40.2 Å². The number of ether oxygens (including phenoxy) is 2. The Kier molecular flexibility index (Phi) is 8.87. The largest absolute Gasteiger partial charge is 0.486 e. The van der Waals surface area contributed by atoms with Crippen molar-refractivity contribution in [2.75, 3.05) is 0 Å². The highest BCUT2D eigenvalue weighted by Crippen LogP contribution is 2.36. The maximum absolute atomic E-state index is 12.5. The normalized spacial score (nSPS) is 11.8. The first-order chi connectivity index (χ1) is 19.5. The molecular weight excluding hydrogens is 600 g/mol.